The molecule has 0 radical (unpaired) electrons. The SMILES string of the molecule is C=CS(=O)(=O)NCCCl. The summed E-state index contributed by atoms with van der Waals surface area (Å²) >= 11 is 5.20. The van der Waals surface area contributed by atoms with Crippen LogP contribution in [0.2, 0.25) is 0 Å². The zero-order valence-electron chi connectivity index (χ0n) is 4.80. The molecule has 5 heteroatoms. The van der Waals surface area contributed by atoms with Crippen LogP contribution in [0.3, 0.4) is 0 Å². The molecule has 0 fully saturated rings. The van der Waals surface area contributed by atoms with Crippen molar-refractivity contribution in [3.8, 4) is 0 Å². The number of hydrogen-bond acceptors (Lipinski definition) is 2. The van der Waals surface area contributed by atoms with E-state index in [-0.39, 0.29) is 12.4 Å². The maximum Gasteiger partial charge on any atom is 0.233 e. The summed E-state index contributed by atoms with van der Waals surface area (Å²) in [6, 6.07) is 0. The molecule has 0 amide bonds. The van der Waals surface area contributed by atoms with E-state index in [0.717, 1.165) is 5.41 Å². The Hall–Kier alpha value is -0.0600. The quantitative estimate of drug-likeness (QED) is 0.615. The Bertz CT molecular complexity index is 175. The van der Waals surface area contributed by atoms with Gasteiger partial charge < -0.3 is 0 Å². The Morgan fingerprint density at radius 2 is 2.22 bits per heavy atom. The summed E-state index contributed by atoms with van der Waals surface area (Å²) < 4.78 is 23.1. The number of hydrogen-bond donors (Lipinski definition) is 1. The van der Waals surface area contributed by atoms with Crippen molar-refractivity contribution >= 4 is 21.6 Å². The zero-order valence-corrected chi connectivity index (χ0v) is 6.37. The van der Waals surface area contributed by atoms with Crippen molar-refractivity contribution in [2.24, 2.45) is 0 Å². The lowest BCUT2D eigenvalue weighted by Gasteiger charge is -1.95. The van der Waals surface area contributed by atoms with Crippen LogP contribution in [0.4, 0.5) is 0 Å². The van der Waals surface area contributed by atoms with Crippen LogP contribution in [0, 0.1) is 0 Å². The van der Waals surface area contributed by atoms with Crippen LogP contribution < -0.4 is 4.72 Å². The van der Waals surface area contributed by atoms with E-state index in [4.69, 9.17) is 11.6 Å². The molecule has 0 aromatic heterocycles. The minimum absolute atomic E-state index is 0.246. The topological polar surface area (TPSA) is 46.2 Å². The maximum absolute atomic E-state index is 10.5. The number of sulfonamides is 1. The second-order valence-electron chi connectivity index (χ2n) is 1.29. The smallest absolute Gasteiger partial charge is 0.210 e. The van der Waals surface area contributed by atoms with Crippen molar-refractivity contribution in [1.82, 2.24) is 4.72 Å². The van der Waals surface area contributed by atoms with Gasteiger partial charge in [0.2, 0.25) is 10.0 Å². The molecule has 1 N–H and O–H groups in total. The maximum atomic E-state index is 10.5. The normalized spacial score (nSPS) is 11.2. The van der Waals surface area contributed by atoms with Crippen LogP contribution in [0.15, 0.2) is 12.0 Å². The Balaban J connectivity index is 3.75. The fourth-order valence-electron chi connectivity index (χ4n) is 0.240. The molecule has 0 heterocycles. The molecule has 0 aliphatic carbocycles. The van der Waals surface area contributed by atoms with Crippen LogP contribution in [0.25, 0.3) is 0 Å². The average Bonchev–Trinajstić information content (AvgIpc) is 1.84. The van der Waals surface area contributed by atoms with E-state index in [1.165, 1.54) is 0 Å². The van der Waals surface area contributed by atoms with Gasteiger partial charge >= 0.3 is 0 Å². The fourth-order valence-corrected chi connectivity index (χ4v) is 0.951. The average molecular weight is 170 g/mol. The van der Waals surface area contributed by atoms with E-state index >= 15 is 0 Å². The molecule has 3 nitrogen and oxygen atoms in total. The van der Waals surface area contributed by atoms with E-state index in [0.29, 0.717) is 0 Å². The Morgan fingerprint density at radius 3 is 2.56 bits per heavy atom. The van der Waals surface area contributed by atoms with Gasteiger partial charge in [-0.2, -0.15) is 0 Å². The van der Waals surface area contributed by atoms with Crippen molar-refractivity contribution in [2.75, 3.05) is 12.4 Å². The predicted molar refractivity (Wildman–Crippen MR) is 37.8 cm³/mol. The molecular weight excluding hydrogens is 162 g/mol. The van der Waals surface area contributed by atoms with Gasteiger partial charge in [-0.25, -0.2) is 13.1 Å². The standard InChI is InChI=1S/C4H8ClNO2S/c1-2-9(7,8)6-4-3-5/h2,6H,1,3-4H2. The molecular formula is C4H8ClNO2S. The van der Waals surface area contributed by atoms with Gasteiger partial charge in [0.15, 0.2) is 0 Å². The molecule has 0 saturated carbocycles. The van der Waals surface area contributed by atoms with Gasteiger partial charge in [-0.1, -0.05) is 6.58 Å². The molecule has 0 aliphatic rings. The lowest BCUT2D eigenvalue weighted by Crippen LogP contribution is -2.22. The number of halogens is 1. The first-order chi connectivity index (χ1) is 4.12. The van der Waals surface area contributed by atoms with Crippen LogP contribution in [-0.2, 0) is 10.0 Å². The van der Waals surface area contributed by atoms with Gasteiger partial charge in [0.1, 0.15) is 0 Å². The highest BCUT2D eigenvalue weighted by atomic mass is 35.5. The molecule has 0 unspecified atom stereocenters. The van der Waals surface area contributed by atoms with E-state index in [9.17, 15) is 8.42 Å². The molecule has 0 bridgehead atoms. The Kier molecular flexibility index (Phi) is 3.84. The minimum atomic E-state index is -3.25. The van der Waals surface area contributed by atoms with Crippen LogP contribution in [-0.4, -0.2) is 20.8 Å². The lowest BCUT2D eigenvalue weighted by molar-refractivity contribution is 0.593. The molecule has 54 valence electrons. The highest BCUT2D eigenvalue weighted by Crippen LogP contribution is 1.82. The summed E-state index contributed by atoms with van der Waals surface area (Å²) in [5.41, 5.74) is 0. The molecule has 0 aromatic carbocycles. The summed E-state index contributed by atoms with van der Waals surface area (Å²) in [5, 5.41) is 0.847. The third kappa shape index (κ3) is 4.44. The van der Waals surface area contributed by atoms with E-state index in [1.54, 1.807) is 0 Å². The fraction of sp³-hybridized carbons (Fsp3) is 0.500. The summed E-state index contributed by atoms with van der Waals surface area (Å²) in [6.45, 7) is 3.34. The molecule has 0 spiro atoms. The second-order valence-corrected chi connectivity index (χ2v) is 3.38. The molecule has 0 aromatic rings. The highest BCUT2D eigenvalue weighted by molar-refractivity contribution is 7.92. The molecule has 9 heavy (non-hydrogen) atoms. The first kappa shape index (κ1) is 8.94. The van der Waals surface area contributed by atoms with Crippen LogP contribution in [0.5, 0.6) is 0 Å². The van der Waals surface area contributed by atoms with Crippen molar-refractivity contribution in [3.63, 3.8) is 0 Å². The van der Waals surface area contributed by atoms with Crippen molar-refractivity contribution in [2.45, 2.75) is 0 Å². The van der Waals surface area contributed by atoms with Gasteiger partial charge in [-0.05, 0) is 0 Å². The number of alkyl halides is 1. The molecule has 0 aliphatic heterocycles. The Labute approximate surface area is 59.8 Å². The van der Waals surface area contributed by atoms with E-state index in [2.05, 4.69) is 11.3 Å². The Morgan fingerprint density at radius 1 is 1.67 bits per heavy atom. The lowest BCUT2D eigenvalue weighted by atomic mass is 10.8. The van der Waals surface area contributed by atoms with Crippen molar-refractivity contribution in [3.05, 3.63) is 12.0 Å². The van der Waals surface area contributed by atoms with Crippen molar-refractivity contribution < 1.29 is 8.42 Å². The monoisotopic (exact) mass is 169 g/mol. The first-order valence-corrected chi connectivity index (χ1v) is 4.38. The first-order valence-electron chi connectivity index (χ1n) is 2.30. The van der Waals surface area contributed by atoms with E-state index in [1.807, 2.05) is 0 Å². The van der Waals surface area contributed by atoms with Gasteiger partial charge in [0.25, 0.3) is 0 Å². The summed E-state index contributed by atoms with van der Waals surface area (Å²) in [5.74, 6) is 0.271. The predicted octanol–water partition coefficient (Wildman–Crippen LogP) is 0.288. The van der Waals surface area contributed by atoms with Gasteiger partial charge in [0, 0.05) is 17.8 Å². The summed E-state index contributed by atoms with van der Waals surface area (Å²) in [4.78, 5) is 0. The van der Waals surface area contributed by atoms with E-state index < -0.39 is 10.0 Å². The summed E-state index contributed by atoms with van der Waals surface area (Å²) in [7, 11) is -3.25. The minimum Gasteiger partial charge on any atom is -0.210 e. The molecule has 0 saturated heterocycles. The zero-order chi connectivity index (χ0) is 7.33. The van der Waals surface area contributed by atoms with Crippen molar-refractivity contribution in [1.29, 1.82) is 0 Å². The molecule has 0 atom stereocenters. The van der Waals surface area contributed by atoms with Gasteiger partial charge in [0.05, 0.1) is 0 Å². The number of rotatable bonds is 4. The number of nitrogens with one attached hydrogen (secondary N) is 1. The van der Waals surface area contributed by atoms with Crippen LogP contribution >= 0.6 is 11.6 Å². The second kappa shape index (κ2) is 3.87. The van der Waals surface area contributed by atoms with Gasteiger partial charge in [-0.15, -0.1) is 11.6 Å². The third-order valence-electron chi connectivity index (χ3n) is 0.617. The largest absolute Gasteiger partial charge is 0.233 e. The summed E-state index contributed by atoms with van der Waals surface area (Å²) in [6.07, 6.45) is 0. The van der Waals surface area contributed by atoms with Crippen LogP contribution in [0.1, 0.15) is 0 Å². The molecule has 0 rings (SSSR count). The highest BCUT2D eigenvalue weighted by Gasteiger charge is 1.99. The third-order valence-corrected chi connectivity index (χ3v) is 1.85. The van der Waals surface area contributed by atoms with Gasteiger partial charge in [-0.3, -0.25) is 0 Å².